The predicted octanol–water partition coefficient (Wildman–Crippen LogP) is 3.96. The van der Waals surface area contributed by atoms with Crippen LogP contribution in [-0.2, 0) is 6.54 Å². The smallest absolute Gasteiger partial charge is 0.165 e. The van der Waals surface area contributed by atoms with Crippen LogP contribution in [0.15, 0.2) is 42.6 Å². The zero-order valence-electron chi connectivity index (χ0n) is 10.7. The monoisotopic (exact) mass is 244 g/mol. The molecule has 0 bridgehead atoms. The Morgan fingerprint density at radius 1 is 1.17 bits per heavy atom. The van der Waals surface area contributed by atoms with Crippen LogP contribution in [0.1, 0.15) is 30.9 Å². The molecule has 1 aromatic carbocycles. The van der Waals surface area contributed by atoms with E-state index in [2.05, 4.69) is 48.4 Å². The summed E-state index contributed by atoms with van der Waals surface area (Å²) in [5.74, 6) is 0.502. The molecule has 0 saturated carbocycles. The van der Waals surface area contributed by atoms with Gasteiger partial charge in [0.05, 0.1) is 0 Å². The van der Waals surface area contributed by atoms with Crippen molar-refractivity contribution >= 4 is 5.82 Å². The lowest BCUT2D eigenvalue weighted by atomic mass is 10.0. The van der Waals surface area contributed by atoms with Gasteiger partial charge in [-0.1, -0.05) is 38.1 Å². The lowest BCUT2D eigenvalue weighted by Crippen LogP contribution is -2.03. The van der Waals surface area contributed by atoms with Crippen LogP contribution in [-0.4, -0.2) is 4.98 Å². The highest BCUT2D eigenvalue weighted by atomic mass is 19.1. The van der Waals surface area contributed by atoms with Crippen LogP contribution in [0.3, 0.4) is 0 Å². The van der Waals surface area contributed by atoms with Crippen LogP contribution in [0.4, 0.5) is 10.2 Å². The van der Waals surface area contributed by atoms with Crippen molar-refractivity contribution in [2.24, 2.45) is 0 Å². The van der Waals surface area contributed by atoms with Crippen molar-refractivity contribution in [3.05, 3.63) is 59.5 Å². The quantitative estimate of drug-likeness (QED) is 0.880. The standard InChI is InChI=1S/C15H17FN2/c1-11(2)13-7-5-12(6-8-13)10-18-15-14(16)4-3-9-17-15/h3-9,11H,10H2,1-2H3,(H,17,18). The highest BCUT2D eigenvalue weighted by Crippen LogP contribution is 2.16. The SMILES string of the molecule is CC(C)c1ccc(CNc2ncccc2F)cc1. The number of aromatic nitrogens is 1. The molecule has 94 valence electrons. The van der Waals surface area contributed by atoms with E-state index in [1.165, 1.54) is 11.6 Å². The molecule has 0 radical (unpaired) electrons. The van der Waals surface area contributed by atoms with Crippen LogP contribution in [0, 0.1) is 5.82 Å². The Hall–Kier alpha value is -1.90. The molecule has 0 spiro atoms. The fourth-order valence-electron chi connectivity index (χ4n) is 1.72. The molecule has 1 heterocycles. The Morgan fingerprint density at radius 2 is 1.89 bits per heavy atom. The van der Waals surface area contributed by atoms with Crippen molar-refractivity contribution in [2.45, 2.75) is 26.3 Å². The van der Waals surface area contributed by atoms with Crippen LogP contribution in [0.5, 0.6) is 0 Å². The highest BCUT2D eigenvalue weighted by Gasteiger charge is 2.02. The van der Waals surface area contributed by atoms with Crippen molar-refractivity contribution in [3.63, 3.8) is 0 Å². The summed E-state index contributed by atoms with van der Waals surface area (Å²) in [4.78, 5) is 3.95. The molecule has 0 amide bonds. The van der Waals surface area contributed by atoms with Gasteiger partial charge in [-0.2, -0.15) is 0 Å². The first-order chi connectivity index (χ1) is 8.66. The zero-order valence-corrected chi connectivity index (χ0v) is 10.7. The number of benzene rings is 1. The van der Waals surface area contributed by atoms with Gasteiger partial charge < -0.3 is 5.32 Å². The topological polar surface area (TPSA) is 24.9 Å². The van der Waals surface area contributed by atoms with Gasteiger partial charge in [-0.3, -0.25) is 0 Å². The molecule has 1 aromatic heterocycles. The third-order valence-corrected chi connectivity index (χ3v) is 2.86. The zero-order chi connectivity index (χ0) is 13.0. The van der Waals surface area contributed by atoms with Crippen LogP contribution in [0.2, 0.25) is 0 Å². The van der Waals surface area contributed by atoms with Gasteiger partial charge in [0.1, 0.15) is 0 Å². The van der Waals surface area contributed by atoms with Crippen molar-refractivity contribution in [1.82, 2.24) is 4.98 Å². The average Bonchev–Trinajstić information content (AvgIpc) is 2.38. The number of anilines is 1. The summed E-state index contributed by atoms with van der Waals surface area (Å²) < 4.78 is 13.3. The molecule has 0 unspecified atom stereocenters. The number of nitrogens with zero attached hydrogens (tertiary/aromatic N) is 1. The Labute approximate surface area is 107 Å². The van der Waals surface area contributed by atoms with Crippen molar-refractivity contribution in [1.29, 1.82) is 0 Å². The largest absolute Gasteiger partial charge is 0.364 e. The lowest BCUT2D eigenvalue weighted by molar-refractivity contribution is 0.624. The fourth-order valence-corrected chi connectivity index (χ4v) is 1.72. The Kier molecular flexibility index (Phi) is 3.92. The van der Waals surface area contributed by atoms with Gasteiger partial charge in [-0.25, -0.2) is 9.37 Å². The maximum atomic E-state index is 13.3. The molecule has 2 rings (SSSR count). The summed E-state index contributed by atoms with van der Waals surface area (Å²) in [6.07, 6.45) is 1.58. The van der Waals surface area contributed by atoms with Gasteiger partial charge in [0.15, 0.2) is 11.6 Å². The summed E-state index contributed by atoms with van der Waals surface area (Å²) >= 11 is 0. The van der Waals surface area contributed by atoms with Gasteiger partial charge in [0.25, 0.3) is 0 Å². The minimum atomic E-state index is -0.323. The van der Waals surface area contributed by atoms with E-state index in [0.717, 1.165) is 5.56 Å². The van der Waals surface area contributed by atoms with Crippen molar-refractivity contribution in [3.8, 4) is 0 Å². The number of halogens is 1. The summed E-state index contributed by atoms with van der Waals surface area (Å²) in [5.41, 5.74) is 2.42. The fraction of sp³-hybridized carbons (Fsp3) is 0.267. The van der Waals surface area contributed by atoms with E-state index in [9.17, 15) is 4.39 Å². The molecule has 0 atom stereocenters. The Morgan fingerprint density at radius 3 is 2.50 bits per heavy atom. The third-order valence-electron chi connectivity index (χ3n) is 2.86. The summed E-state index contributed by atoms with van der Waals surface area (Å²) in [5, 5.41) is 2.99. The van der Waals surface area contributed by atoms with E-state index < -0.39 is 0 Å². The number of nitrogens with one attached hydrogen (secondary N) is 1. The van der Waals surface area contributed by atoms with E-state index in [1.807, 2.05) is 0 Å². The average molecular weight is 244 g/mol. The molecule has 2 aromatic rings. The van der Waals surface area contributed by atoms with E-state index >= 15 is 0 Å². The Balaban J connectivity index is 2.00. The van der Waals surface area contributed by atoms with E-state index in [1.54, 1.807) is 12.3 Å². The first-order valence-corrected chi connectivity index (χ1v) is 6.10. The second-order valence-corrected chi connectivity index (χ2v) is 4.58. The normalized spacial score (nSPS) is 10.7. The molecular formula is C15H17FN2. The summed E-state index contributed by atoms with van der Waals surface area (Å²) in [7, 11) is 0. The van der Waals surface area contributed by atoms with Gasteiger partial charge in [-0.15, -0.1) is 0 Å². The first kappa shape index (κ1) is 12.6. The maximum absolute atomic E-state index is 13.3. The molecular weight excluding hydrogens is 227 g/mol. The minimum absolute atomic E-state index is 0.297. The van der Waals surface area contributed by atoms with E-state index in [0.29, 0.717) is 18.3 Å². The van der Waals surface area contributed by atoms with Crippen molar-refractivity contribution in [2.75, 3.05) is 5.32 Å². The number of rotatable bonds is 4. The lowest BCUT2D eigenvalue weighted by Gasteiger charge is -2.08. The number of pyridine rings is 1. The molecule has 3 heteroatoms. The van der Waals surface area contributed by atoms with Crippen LogP contribution < -0.4 is 5.32 Å². The van der Waals surface area contributed by atoms with Gasteiger partial charge >= 0.3 is 0 Å². The Bertz CT molecular complexity index is 506. The molecule has 0 aliphatic heterocycles. The second kappa shape index (κ2) is 5.63. The van der Waals surface area contributed by atoms with E-state index in [-0.39, 0.29) is 5.82 Å². The molecule has 2 nitrogen and oxygen atoms in total. The number of hydrogen-bond acceptors (Lipinski definition) is 2. The van der Waals surface area contributed by atoms with Crippen LogP contribution >= 0.6 is 0 Å². The first-order valence-electron chi connectivity index (χ1n) is 6.10. The number of hydrogen-bond donors (Lipinski definition) is 1. The highest BCUT2D eigenvalue weighted by molar-refractivity contribution is 5.37. The maximum Gasteiger partial charge on any atom is 0.165 e. The summed E-state index contributed by atoms with van der Waals surface area (Å²) in [6.45, 7) is 4.90. The molecule has 18 heavy (non-hydrogen) atoms. The van der Waals surface area contributed by atoms with Gasteiger partial charge in [0.2, 0.25) is 0 Å². The van der Waals surface area contributed by atoms with Gasteiger partial charge in [-0.05, 0) is 29.2 Å². The van der Waals surface area contributed by atoms with E-state index in [4.69, 9.17) is 0 Å². The molecule has 0 aliphatic rings. The minimum Gasteiger partial charge on any atom is -0.364 e. The van der Waals surface area contributed by atoms with Gasteiger partial charge in [0, 0.05) is 12.7 Å². The second-order valence-electron chi connectivity index (χ2n) is 4.58. The van der Waals surface area contributed by atoms with Crippen LogP contribution in [0.25, 0.3) is 0 Å². The molecule has 0 saturated heterocycles. The molecule has 1 N–H and O–H groups in total. The molecule has 0 fully saturated rings. The van der Waals surface area contributed by atoms with Crippen molar-refractivity contribution < 1.29 is 4.39 Å². The summed E-state index contributed by atoms with van der Waals surface area (Å²) in [6, 6.07) is 11.3. The predicted molar refractivity (Wildman–Crippen MR) is 72.1 cm³/mol. The third kappa shape index (κ3) is 3.06. The molecule has 0 aliphatic carbocycles.